The van der Waals surface area contributed by atoms with E-state index in [4.69, 9.17) is 10.5 Å². The summed E-state index contributed by atoms with van der Waals surface area (Å²) in [6, 6.07) is 0. The largest absolute Gasteiger partial charge is 0.474 e. The van der Waals surface area contributed by atoms with E-state index in [9.17, 15) is 0 Å². The highest BCUT2D eigenvalue weighted by atomic mass is 16.5. The normalized spacial score (nSPS) is 20.2. The Bertz CT molecular complexity index is 383. The van der Waals surface area contributed by atoms with Gasteiger partial charge in [0.1, 0.15) is 0 Å². The zero-order chi connectivity index (χ0) is 13.0. The molecule has 2 N–H and O–H groups in total. The lowest BCUT2D eigenvalue weighted by Crippen LogP contribution is -2.38. The van der Waals surface area contributed by atoms with E-state index in [2.05, 4.69) is 14.9 Å². The minimum Gasteiger partial charge on any atom is -0.474 e. The number of anilines is 1. The molecule has 0 saturated carbocycles. The molecular weight excluding hydrogens is 228 g/mol. The molecular formula is C13H22N4O. The van der Waals surface area contributed by atoms with Crippen LogP contribution in [0.4, 0.5) is 5.82 Å². The first-order valence-electron chi connectivity index (χ1n) is 6.62. The minimum atomic E-state index is 0.118. The number of nitrogens with zero attached hydrogens (tertiary/aromatic N) is 3. The summed E-state index contributed by atoms with van der Waals surface area (Å²) in [5.74, 6) is 2.05. The van der Waals surface area contributed by atoms with Gasteiger partial charge in [-0.3, -0.25) is 4.98 Å². The number of ether oxygens (including phenoxy) is 1. The van der Waals surface area contributed by atoms with Gasteiger partial charge in [0.25, 0.3) is 0 Å². The molecule has 0 aliphatic carbocycles. The molecule has 1 aliphatic rings. The number of piperidine rings is 1. The van der Waals surface area contributed by atoms with Gasteiger partial charge in [0.15, 0.2) is 5.82 Å². The highest BCUT2D eigenvalue weighted by Crippen LogP contribution is 2.22. The summed E-state index contributed by atoms with van der Waals surface area (Å²) in [6.45, 7) is 6.71. The number of hydrogen-bond acceptors (Lipinski definition) is 5. The van der Waals surface area contributed by atoms with Gasteiger partial charge in [-0.1, -0.05) is 0 Å². The molecule has 0 bridgehead atoms. The molecule has 2 rings (SSSR count). The Balaban J connectivity index is 2.07. The van der Waals surface area contributed by atoms with Gasteiger partial charge in [0.05, 0.1) is 18.5 Å². The van der Waals surface area contributed by atoms with Gasteiger partial charge in [-0.2, -0.15) is 4.98 Å². The van der Waals surface area contributed by atoms with Gasteiger partial charge in [-0.05, 0) is 39.2 Å². The van der Waals surface area contributed by atoms with Crippen LogP contribution in [0.25, 0.3) is 0 Å². The average Bonchev–Trinajstić information content (AvgIpc) is 2.38. The highest BCUT2D eigenvalue weighted by molar-refractivity contribution is 5.38. The summed E-state index contributed by atoms with van der Waals surface area (Å²) in [6.07, 6.45) is 5.95. The highest BCUT2D eigenvalue weighted by Gasteiger charge is 2.20. The summed E-state index contributed by atoms with van der Waals surface area (Å²) >= 11 is 0. The van der Waals surface area contributed by atoms with Crippen molar-refractivity contribution >= 4 is 5.82 Å². The summed E-state index contributed by atoms with van der Waals surface area (Å²) in [4.78, 5) is 11.0. The van der Waals surface area contributed by atoms with Crippen LogP contribution in [0.2, 0.25) is 0 Å². The average molecular weight is 250 g/mol. The Labute approximate surface area is 108 Å². The second kappa shape index (κ2) is 6.00. The number of hydrogen-bond donors (Lipinski definition) is 1. The third kappa shape index (κ3) is 3.32. The molecule has 0 aromatic carbocycles. The predicted octanol–water partition coefficient (Wildman–Crippen LogP) is 1.44. The number of aromatic nitrogens is 2. The standard InChI is InChI=1S/C13H22N4O/c1-10(2)18-13-8-15-7-12(16-13)17-5-3-4-11(6-14)9-17/h7-8,10-11H,3-6,9,14H2,1-2H3. The van der Waals surface area contributed by atoms with Crippen molar-refractivity contribution in [1.29, 1.82) is 0 Å². The number of nitrogens with two attached hydrogens (primary N) is 1. The zero-order valence-corrected chi connectivity index (χ0v) is 11.2. The Morgan fingerprint density at radius 1 is 1.50 bits per heavy atom. The molecule has 100 valence electrons. The fourth-order valence-electron chi connectivity index (χ4n) is 2.25. The zero-order valence-electron chi connectivity index (χ0n) is 11.2. The van der Waals surface area contributed by atoms with Crippen molar-refractivity contribution in [1.82, 2.24) is 9.97 Å². The fraction of sp³-hybridized carbons (Fsp3) is 0.692. The van der Waals surface area contributed by atoms with Crippen LogP contribution in [0.3, 0.4) is 0 Å². The third-order valence-corrected chi connectivity index (χ3v) is 3.13. The SMILES string of the molecule is CC(C)Oc1cncc(N2CCCC(CN)C2)n1. The first kappa shape index (κ1) is 13.1. The fourth-order valence-corrected chi connectivity index (χ4v) is 2.25. The lowest BCUT2D eigenvalue weighted by atomic mass is 9.98. The molecule has 0 amide bonds. The summed E-state index contributed by atoms with van der Waals surface area (Å²) < 4.78 is 5.57. The van der Waals surface area contributed by atoms with Crippen LogP contribution in [-0.4, -0.2) is 35.7 Å². The van der Waals surface area contributed by atoms with Gasteiger partial charge in [-0.15, -0.1) is 0 Å². The molecule has 5 heteroatoms. The summed E-state index contributed by atoms with van der Waals surface area (Å²) in [7, 11) is 0. The topological polar surface area (TPSA) is 64.3 Å². The van der Waals surface area contributed by atoms with E-state index >= 15 is 0 Å². The van der Waals surface area contributed by atoms with Crippen LogP contribution in [0, 0.1) is 5.92 Å². The number of rotatable bonds is 4. The van der Waals surface area contributed by atoms with Crippen molar-refractivity contribution < 1.29 is 4.74 Å². The molecule has 1 unspecified atom stereocenters. The van der Waals surface area contributed by atoms with Crippen LogP contribution in [0.5, 0.6) is 5.88 Å². The lowest BCUT2D eigenvalue weighted by molar-refractivity contribution is 0.231. The predicted molar refractivity (Wildman–Crippen MR) is 71.8 cm³/mol. The maximum atomic E-state index is 5.75. The Morgan fingerprint density at radius 2 is 2.33 bits per heavy atom. The van der Waals surface area contributed by atoms with E-state index in [1.807, 2.05) is 13.8 Å². The lowest BCUT2D eigenvalue weighted by Gasteiger charge is -2.32. The minimum absolute atomic E-state index is 0.118. The van der Waals surface area contributed by atoms with E-state index in [0.29, 0.717) is 11.8 Å². The third-order valence-electron chi connectivity index (χ3n) is 3.13. The van der Waals surface area contributed by atoms with Crippen LogP contribution in [0.1, 0.15) is 26.7 Å². The summed E-state index contributed by atoms with van der Waals surface area (Å²) in [5, 5.41) is 0. The van der Waals surface area contributed by atoms with E-state index in [1.165, 1.54) is 12.8 Å². The maximum absolute atomic E-state index is 5.75. The van der Waals surface area contributed by atoms with Crippen molar-refractivity contribution in [3.8, 4) is 5.88 Å². The van der Waals surface area contributed by atoms with Crippen molar-refractivity contribution in [3.63, 3.8) is 0 Å². The molecule has 1 saturated heterocycles. The van der Waals surface area contributed by atoms with Gasteiger partial charge < -0.3 is 15.4 Å². The van der Waals surface area contributed by atoms with Crippen LogP contribution >= 0.6 is 0 Å². The Kier molecular flexibility index (Phi) is 4.36. The van der Waals surface area contributed by atoms with E-state index in [0.717, 1.165) is 25.5 Å². The smallest absolute Gasteiger partial charge is 0.234 e. The van der Waals surface area contributed by atoms with Crippen LogP contribution in [-0.2, 0) is 0 Å². The second-order valence-corrected chi connectivity index (χ2v) is 5.07. The Hall–Kier alpha value is -1.36. The molecule has 1 aromatic heterocycles. The quantitative estimate of drug-likeness (QED) is 0.876. The van der Waals surface area contributed by atoms with Gasteiger partial charge in [0, 0.05) is 13.1 Å². The molecule has 5 nitrogen and oxygen atoms in total. The van der Waals surface area contributed by atoms with Crippen molar-refractivity contribution in [2.45, 2.75) is 32.8 Å². The van der Waals surface area contributed by atoms with E-state index in [-0.39, 0.29) is 6.10 Å². The van der Waals surface area contributed by atoms with Crippen molar-refractivity contribution in [2.75, 3.05) is 24.5 Å². The molecule has 1 atom stereocenters. The molecule has 1 fully saturated rings. The van der Waals surface area contributed by atoms with E-state index in [1.54, 1.807) is 12.4 Å². The van der Waals surface area contributed by atoms with Crippen LogP contribution in [0.15, 0.2) is 12.4 Å². The second-order valence-electron chi connectivity index (χ2n) is 5.07. The van der Waals surface area contributed by atoms with Crippen molar-refractivity contribution in [3.05, 3.63) is 12.4 Å². The van der Waals surface area contributed by atoms with Gasteiger partial charge in [0.2, 0.25) is 5.88 Å². The van der Waals surface area contributed by atoms with Gasteiger partial charge >= 0.3 is 0 Å². The molecule has 2 heterocycles. The molecule has 1 aliphatic heterocycles. The van der Waals surface area contributed by atoms with Gasteiger partial charge in [-0.25, -0.2) is 0 Å². The first-order valence-corrected chi connectivity index (χ1v) is 6.62. The molecule has 18 heavy (non-hydrogen) atoms. The monoisotopic (exact) mass is 250 g/mol. The molecule has 0 spiro atoms. The maximum Gasteiger partial charge on any atom is 0.234 e. The summed E-state index contributed by atoms with van der Waals surface area (Å²) in [5.41, 5.74) is 5.75. The van der Waals surface area contributed by atoms with Crippen LogP contribution < -0.4 is 15.4 Å². The first-order chi connectivity index (χ1) is 8.69. The molecule has 0 radical (unpaired) electrons. The Morgan fingerprint density at radius 3 is 3.06 bits per heavy atom. The molecule has 1 aromatic rings. The van der Waals surface area contributed by atoms with Crippen molar-refractivity contribution in [2.24, 2.45) is 11.7 Å². The van der Waals surface area contributed by atoms with E-state index < -0.39 is 0 Å².